The predicted molar refractivity (Wildman–Crippen MR) is 80.0 cm³/mol. The van der Waals surface area contributed by atoms with Crippen LogP contribution < -0.4 is 0 Å². The maximum absolute atomic E-state index is 12.7. The fourth-order valence-corrected chi connectivity index (χ4v) is 5.70. The highest BCUT2D eigenvalue weighted by Crippen LogP contribution is 2.34. The van der Waals surface area contributed by atoms with Crippen molar-refractivity contribution in [2.24, 2.45) is 11.8 Å². The van der Waals surface area contributed by atoms with Crippen molar-refractivity contribution in [3.05, 3.63) is 25.3 Å². The van der Waals surface area contributed by atoms with Gasteiger partial charge in [-0.3, -0.25) is 4.21 Å². The summed E-state index contributed by atoms with van der Waals surface area (Å²) in [5, 5.41) is 0.852. The van der Waals surface area contributed by atoms with Crippen molar-refractivity contribution in [2.45, 2.75) is 61.9 Å². The molecule has 0 amide bonds. The SMILES string of the molecule is C=CC1CCCC(S(=O)C2CCCC(C=C)C2)C1. The lowest BCUT2D eigenvalue weighted by Gasteiger charge is -2.33. The van der Waals surface area contributed by atoms with E-state index in [-0.39, 0.29) is 0 Å². The molecule has 1 nitrogen and oxygen atoms in total. The quantitative estimate of drug-likeness (QED) is 0.696. The molecule has 2 rings (SSSR count). The Bertz CT molecular complexity index is 293. The predicted octanol–water partition coefficient (Wildman–Crippen LogP) is 4.22. The van der Waals surface area contributed by atoms with Crippen LogP contribution in [0.5, 0.6) is 0 Å². The van der Waals surface area contributed by atoms with Gasteiger partial charge in [-0.05, 0) is 50.4 Å². The van der Waals surface area contributed by atoms with E-state index in [1.807, 2.05) is 0 Å². The van der Waals surface area contributed by atoms with Gasteiger partial charge in [0.2, 0.25) is 0 Å². The van der Waals surface area contributed by atoms with E-state index in [0.717, 1.165) is 25.7 Å². The van der Waals surface area contributed by atoms with Gasteiger partial charge in [-0.25, -0.2) is 0 Å². The summed E-state index contributed by atoms with van der Waals surface area (Å²) >= 11 is 0. The smallest absolute Gasteiger partial charge is 0.0356 e. The molecule has 2 heteroatoms. The fraction of sp³-hybridized carbons (Fsp3) is 0.750. The molecule has 4 atom stereocenters. The Hall–Kier alpha value is -0.370. The first kappa shape index (κ1) is 14.0. The topological polar surface area (TPSA) is 17.1 Å². The number of hydrogen-bond acceptors (Lipinski definition) is 1. The number of allylic oxidation sites excluding steroid dienone is 2. The van der Waals surface area contributed by atoms with Crippen molar-refractivity contribution in [1.29, 1.82) is 0 Å². The van der Waals surface area contributed by atoms with E-state index in [1.165, 1.54) is 25.7 Å². The van der Waals surface area contributed by atoms with Gasteiger partial charge >= 0.3 is 0 Å². The Labute approximate surface area is 114 Å². The Morgan fingerprint density at radius 2 is 1.28 bits per heavy atom. The number of rotatable bonds is 4. The first-order valence-corrected chi connectivity index (χ1v) is 8.66. The lowest BCUT2D eigenvalue weighted by Crippen LogP contribution is -2.33. The Balaban J connectivity index is 1.93. The summed E-state index contributed by atoms with van der Waals surface area (Å²) in [5.74, 6) is 1.21. The highest BCUT2D eigenvalue weighted by Gasteiger charge is 2.32. The van der Waals surface area contributed by atoms with E-state index < -0.39 is 10.8 Å². The molecule has 2 fully saturated rings. The molecule has 0 aromatic heterocycles. The molecular weight excluding hydrogens is 240 g/mol. The van der Waals surface area contributed by atoms with Gasteiger partial charge in [-0.2, -0.15) is 0 Å². The minimum Gasteiger partial charge on any atom is -0.259 e. The van der Waals surface area contributed by atoms with Gasteiger partial charge in [0, 0.05) is 21.3 Å². The largest absolute Gasteiger partial charge is 0.259 e. The van der Waals surface area contributed by atoms with Crippen molar-refractivity contribution in [3.63, 3.8) is 0 Å². The molecule has 0 radical (unpaired) electrons. The summed E-state index contributed by atoms with van der Waals surface area (Å²) in [4.78, 5) is 0. The Morgan fingerprint density at radius 1 is 0.833 bits per heavy atom. The summed E-state index contributed by atoms with van der Waals surface area (Å²) in [6.07, 6.45) is 13.6. The van der Waals surface area contributed by atoms with E-state index in [9.17, 15) is 4.21 Å². The summed E-state index contributed by atoms with van der Waals surface area (Å²) < 4.78 is 12.7. The number of hydrogen-bond donors (Lipinski definition) is 0. The normalized spacial score (nSPS) is 38.9. The van der Waals surface area contributed by atoms with Crippen LogP contribution in [0.15, 0.2) is 25.3 Å². The van der Waals surface area contributed by atoms with E-state index in [0.29, 0.717) is 22.3 Å². The monoisotopic (exact) mass is 266 g/mol. The second-order valence-corrected chi connectivity index (χ2v) is 7.89. The van der Waals surface area contributed by atoms with Crippen LogP contribution in [0.4, 0.5) is 0 Å². The van der Waals surface area contributed by atoms with Crippen LogP contribution >= 0.6 is 0 Å². The first-order valence-electron chi connectivity index (χ1n) is 7.39. The third-order valence-corrected chi connectivity index (χ3v) is 6.83. The second kappa shape index (κ2) is 6.70. The lowest BCUT2D eigenvalue weighted by molar-refractivity contribution is 0.402. The summed E-state index contributed by atoms with van der Waals surface area (Å²) in [6, 6.07) is 0. The molecule has 2 aliphatic carbocycles. The minimum atomic E-state index is -0.633. The van der Waals surface area contributed by atoms with E-state index in [1.54, 1.807) is 0 Å². The molecule has 102 valence electrons. The standard InChI is InChI=1S/C16H26OS/c1-3-13-7-5-9-15(11-13)18(17)16-10-6-8-14(4-2)12-16/h3-4,13-16H,1-2,5-12H2. The van der Waals surface area contributed by atoms with Crippen LogP contribution in [0.3, 0.4) is 0 Å². The van der Waals surface area contributed by atoms with Gasteiger partial charge in [0.25, 0.3) is 0 Å². The van der Waals surface area contributed by atoms with Crippen LogP contribution in [0.25, 0.3) is 0 Å². The first-order chi connectivity index (χ1) is 8.74. The molecule has 0 aromatic rings. The molecule has 2 aliphatic rings. The van der Waals surface area contributed by atoms with Crippen LogP contribution in [0.2, 0.25) is 0 Å². The molecule has 4 unspecified atom stereocenters. The molecular formula is C16H26OS. The zero-order chi connectivity index (χ0) is 13.0. The minimum absolute atomic E-state index is 0.426. The maximum atomic E-state index is 12.7. The molecule has 0 saturated heterocycles. The van der Waals surface area contributed by atoms with E-state index in [2.05, 4.69) is 25.3 Å². The van der Waals surface area contributed by atoms with Gasteiger partial charge in [0.15, 0.2) is 0 Å². The molecule has 0 bridgehead atoms. The third kappa shape index (κ3) is 3.34. The molecule has 2 saturated carbocycles. The van der Waals surface area contributed by atoms with Crippen LogP contribution in [0.1, 0.15) is 51.4 Å². The molecule has 0 spiro atoms. The molecule has 0 heterocycles. The average molecular weight is 266 g/mol. The van der Waals surface area contributed by atoms with Gasteiger partial charge in [0.05, 0.1) is 0 Å². The Kier molecular flexibility index (Phi) is 5.23. The highest BCUT2D eigenvalue weighted by molar-refractivity contribution is 7.86. The third-order valence-electron chi connectivity index (χ3n) is 4.66. The molecule has 0 aromatic carbocycles. The zero-order valence-corrected chi connectivity index (χ0v) is 12.2. The van der Waals surface area contributed by atoms with Crippen molar-refractivity contribution < 1.29 is 4.21 Å². The molecule has 18 heavy (non-hydrogen) atoms. The summed E-state index contributed by atoms with van der Waals surface area (Å²) in [6.45, 7) is 7.81. The van der Waals surface area contributed by atoms with Crippen LogP contribution in [0, 0.1) is 11.8 Å². The van der Waals surface area contributed by atoms with E-state index in [4.69, 9.17) is 0 Å². The highest BCUT2D eigenvalue weighted by atomic mass is 32.2. The van der Waals surface area contributed by atoms with Gasteiger partial charge in [-0.1, -0.05) is 25.0 Å². The van der Waals surface area contributed by atoms with Gasteiger partial charge in [-0.15, -0.1) is 13.2 Å². The molecule has 0 aliphatic heterocycles. The average Bonchev–Trinajstić information content (AvgIpc) is 2.46. The van der Waals surface area contributed by atoms with Crippen molar-refractivity contribution >= 4 is 10.8 Å². The van der Waals surface area contributed by atoms with Crippen LogP contribution in [-0.4, -0.2) is 14.7 Å². The van der Waals surface area contributed by atoms with Gasteiger partial charge in [0.1, 0.15) is 0 Å². The summed E-state index contributed by atoms with van der Waals surface area (Å²) in [7, 11) is -0.633. The van der Waals surface area contributed by atoms with Gasteiger partial charge < -0.3 is 0 Å². The van der Waals surface area contributed by atoms with Crippen molar-refractivity contribution in [2.75, 3.05) is 0 Å². The van der Waals surface area contributed by atoms with Crippen molar-refractivity contribution in [3.8, 4) is 0 Å². The van der Waals surface area contributed by atoms with Crippen LogP contribution in [-0.2, 0) is 10.8 Å². The van der Waals surface area contributed by atoms with E-state index >= 15 is 0 Å². The molecule has 0 N–H and O–H groups in total. The Morgan fingerprint density at radius 3 is 1.67 bits per heavy atom. The zero-order valence-electron chi connectivity index (χ0n) is 11.4. The fourth-order valence-electron chi connectivity index (χ4n) is 3.48. The second-order valence-electron chi connectivity index (χ2n) is 5.90. The summed E-state index contributed by atoms with van der Waals surface area (Å²) in [5.41, 5.74) is 0. The lowest BCUT2D eigenvalue weighted by atomic mass is 9.88. The maximum Gasteiger partial charge on any atom is 0.0356 e. The van der Waals surface area contributed by atoms with Crippen molar-refractivity contribution in [1.82, 2.24) is 0 Å².